The first-order valence-corrected chi connectivity index (χ1v) is 5.49. The van der Waals surface area contributed by atoms with Gasteiger partial charge in [0.05, 0.1) is 6.10 Å². The summed E-state index contributed by atoms with van der Waals surface area (Å²) >= 11 is 0. The zero-order chi connectivity index (χ0) is 10.4. The van der Waals surface area contributed by atoms with Crippen LogP contribution in [0.1, 0.15) is 67.2 Å². The van der Waals surface area contributed by atoms with Crippen LogP contribution in [0.25, 0.3) is 0 Å². The van der Waals surface area contributed by atoms with Crippen LogP contribution in [0, 0.1) is 0 Å². The highest BCUT2D eigenvalue weighted by Crippen LogP contribution is 2.02. The first-order chi connectivity index (χ1) is 5.81. The molecule has 0 heterocycles. The molecule has 0 radical (unpaired) electrons. The quantitative estimate of drug-likeness (QED) is 0.686. The summed E-state index contributed by atoms with van der Waals surface area (Å²) < 4.78 is 0. The van der Waals surface area contributed by atoms with Crippen LogP contribution < -0.4 is 0 Å². The Balaban J connectivity index is -0.000000175. The highest BCUT2D eigenvalue weighted by Gasteiger charge is 1.97. The van der Waals surface area contributed by atoms with Crippen LogP contribution in [0.2, 0.25) is 0 Å². The average Bonchev–Trinajstić information content (AvgIpc) is 2.12. The van der Waals surface area contributed by atoms with E-state index < -0.39 is 0 Å². The van der Waals surface area contributed by atoms with Crippen molar-refractivity contribution in [2.24, 2.45) is 0 Å². The molecule has 0 aliphatic heterocycles. The predicted octanol–water partition coefficient (Wildman–Crippen LogP) is 4.00. The summed E-state index contributed by atoms with van der Waals surface area (Å²) in [6.45, 7) is 12.2. The van der Waals surface area contributed by atoms with E-state index in [1.54, 1.807) is 0 Å². The zero-order valence-corrected chi connectivity index (χ0v) is 9.85. The average molecular weight is 176 g/mol. The summed E-state index contributed by atoms with van der Waals surface area (Å²) in [5.74, 6) is 0. The van der Waals surface area contributed by atoms with Crippen LogP contribution in [0.4, 0.5) is 0 Å². The van der Waals surface area contributed by atoms with E-state index in [9.17, 15) is 0 Å². The third-order valence-electron chi connectivity index (χ3n) is 1.24. The van der Waals surface area contributed by atoms with Gasteiger partial charge in [-0.25, -0.2) is 0 Å². The smallest absolute Gasteiger partial charge is 0.0540 e. The second-order valence-corrected chi connectivity index (χ2v) is 2.23. The SMILES string of the molecule is CC.CC.CCCC(O)CCC. The maximum absolute atomic E-state index is 9.05. The van der Waals surface area contributed by atoms with Crippen molar-refractivity contribution in [3.63, 3.8) is 0 Å². The molecule has 1 nitrogen and oxygen atoms in total. The largest absolute Gasteiger partial charge is 0.393 e. The number of aliphatic hydroxyl groups is 1. The van der Waals surface area contributed by atoms with E-state index in [0.29, 0.717) is 0 Å². The molecule has 0 aliphatic rings. The highest BCUT2D eigenvalue weighted by molar-refractivity contribution is 4.51. The molecular weight excluding hydrogens is 148 g/mol. The summed E-state index contributed by atoms with van der Waals surface area (Å²) in [7, 11) is 0. The fourth-order valence-electron chi connectivity index (χ4n) is 0.811. The van der Waals surface area contributed by atoms with E-state index in [0.717, 1.165) is 25.7 Å². The minimum atomic E-state index is -0.0370. The second-order valence-electron chi connectivity index (χ2n) is 2.23. The lowest BCUT2D eigenvalue weighted by Crippen LogP contribution is -2.03. The van der Waals surface area contributed by atoms with Gasteiger partial charge in [0.25, 0.3) is 0 Å². The lowest BCUT2D eigenvalue weighted by molar-refractivity contribution is 0.153. The number of rotatable bonds is 4. The van der Waals surface area contributed by atoms with E-state index in [4.69, 9.17) is 5.11 Å². The summed E-state index contributed by atoms with van der Waals surface area (Å²) in [6, 6.07) is 0. The molecule has 0 bridgehead atoms. The molecule has 78 valence electrons. The van der Waals surface area contributed by atoms with Crippen LogP contribution >= 0.6 is 0 Å². The van der Waals surface area contributed by atoms with Crippen molar-refractivity contribution in [1.82, 2.24) is 0 Å². The molecule has 0 unspecified atom stereocenters. The molecule has 0 amide bonds. The summed E-state index contributed by atoms with van der Waals surface area (Å²) in [6.07, 6.45) is 4.09. The molecular formula is C11H28O. The van der Waals surface area contributed by atoms with Crippen molar-refractivity contribution in [1.29, 1.82) is 0 Å². The third-order valence-corrected chi connectivity index (χ3v) is 1.24. The lowest BCUT2D eigenvalue weighted by Gasteiger charge is -2.04. The fourth-order valence-corrected chi connectivity index (χ4v) is 0.811. The first-order valence-electron chi connectivity index (χ1n) is 5.49. The fraction of sp³-hybridized carbons (Fsp3) is 1.00. The Labute approximate surface area is 79.2 Å². The van der Waals surface area contributed by atoms with Gasteiger partial charge in [0.1, 0.15) is 0 Å². The molecule has 0 rings (SSSR count). The van der Waals surface area contributed by atoms with Crippen LogP contribution in [0.3, 0.4) is 0 Å². The third kappa shape index (κ3) is 22.5. The Bertz CT molecular complexity index is 38.3. The Hall–Kier alpha value is -0.0400. The maximum atomic E-state index is 9.05. The van der Waals surface area contributed by atoms with Crippen LogP contribution in [-0.2, 0) is 0 Å². The molecule has 0 aromatic carbocycles. The molecule has 1 heteroatoms. The molecule has 0 saturated carbocycles. The summed E-state index contributed by atoms with van der Waals surface area (Å²) in [5.41, 5.74) is 0. The van der Waals surface area contributed by atoms with Gasteiger partial charge in [-0.2, -0.15) is 0 Å². The van der Waals surface area contributed by atoms with E-state index in [-0.39, 0.29) is 6.10 Å². The Morgan fingerprint density at radius 3 is 1.25 bits per heavy atom. The van der Waals surface area contributed by atoms with Gasteiger partial charge in [0, 0.05) is 0 Å². The van der Waals surface area contributed by atoms with Crippen molar-refractivity contribution >= 4 is 0 Å². The molecule has 1 N–H and O–H groups in total. The molecule has 0 aromatic rings. The number of hydrogen-bond acceptors (Lipinski definition) is 1. The van der Waals surface area contributed by atoms with Crippen LogP contribution in [0.5, 0.6) is 0 Å². The molecule has 0 aliphatic carbocycles. The summed E-state index contributed by atoms with van der Waals surface area (Å²) in [5, 5.41) is 9.05. The maximum Gasteiger partial charge on any atom is 0.0540 e. The Morgan fingerprint density at radius 2 is 1.08 bits per heavy atom. The zero-order valence-electron chi connectivity index (χ0n) is 9.85. The van der Waals surface area contributed by atoms with Gasteiger partial charge in [-0.15, -0.1) is 0 Å². The van der Waals surface area contributed by atoms with Crippen molar-refractivity contribution in [3.8, 4) is 0 Å². The van der Waals surface area contributed by atoms with Crippen molar-refractivity contribution in [2.75, 3.05) is 0 Å². The van der Waals surface area contributed by atoms with Crippen LogP contribution in [-0.4, -0.2) is 11.2 Å². The van der Waals surface area contributed by atoms with Crippen molar-refractivity contribution in [2.45, 2.75) is 73.3 Å². The van der Waals surface area contributed by atoms with Gasteiger partial charge in [-0.05, 0) is 12.8 Å². The molecule has 0 aromatic heterocycles. The van der Waals surface area contributed by atoms with Gasteiger partial charge in [0.2, 0.25) is 0 Å². The minimum Gasteiger partial charge on any atom is -0.393 e. The van der Waals surface area contributed by atoms with Crippen LogP contribution in [0.15, 0.2) is 0 Å². The topological polar surface area (TPSA) is 20.2 Å². The molecule has 0 saturated heterocycles. The molecule has 0 spiro atoms. The monoisotopic (exact) mass is 176 g/mol. The highest BCUT2D eigenvalue weighted by atomic mass is 16.3. The molecule has 0 atom stereocenters. The van der Waals surface area contributed by atoms with Gasteiger partial charge < -0.3 is 5.11 Å². The minimum absolute atomic E-state index is 0.0370. The number of aliphatic hydroxyl groups excluding tert-OH is 1. The van der Waals surface area contributed by atoms with Crippen molar-refractivity contribution < 1.29 is 5.11 Å². The van der Waals surface area contributed by atoms with E-state index in [2.05, 4.69) is 13.8 Å². The molecule has 12 heavy (non-hydrogen) atoms. The summed E-state index contributed by atoms with van der Waals surface area (Å²) in [4.78, 5) is 0. The van der Waals surface area contributed by atoms with E-state index in [1.807, 2.05) is 27.7 Å². The molecule has 0 fully saturated rings. The van der Waals surface area contributed by atoms with E-state index >= 15 is 0 Å². The van der Waals surface area contributed by atoms with Crippen molar-refractivity contribution in [3.05, 3.63) is 0 Å². The standard InChI is InChI=1S/C7H16O.2C2H6/c1-3-5-7(8)6-4-2;2*1-2/h7-8H,3-6H2,1-2H3;2*1-2H3. The predicted molar refractivity (Wildman–Crippen MR) is 58.5 cm³/mol. The second kappa shape index (κ2) is 22.4. The Kier molecular flexibility index (Phi) is 33.5. The van der Waals surface area contributed by atoms with Gasteiger partial charge in [-0.3, -0.25) is 0 Å². The van der Waals surface area contributed by atoms with E-state index in [1.165, 1.54) is 0 Å². The Morgan fingerprint density at radius 1 is 0.833 bits per heavy atom. The van der Waals surface area contributed by atoms with Gasteiger partial charge in [0.15, 0.2) is 0 Å². The normalized spacial score (nSPS) is 8.00. The van der Waals surface area contributed by atoms with Gasteiger partial charge >= 0.3 is 0 Å². The first kappa shape index (κ1) is 17.9. The van der Waals surface area contributed by atoms with Gasteiger partial charge in [-0.1, -0.05) is 54.4 Å². The lowest BCUT2D eigenvalue weighted by atomic mass is 10.1. The number of hydrogen-bond donors (Lipinski definition) is 1.